The second kappa shape index (κ2) is 4.62. The van der Waals surface area contributed by atoms with Crippen LogP contribution in [-0.4, -0.2) is 17.9 Å². The van der Waals surface area contributed by atoms with Gasteiger partial charge in [-0.15, -0.1) is 5.92 Å². The monoisotopic (exact) mass is 184 g/mol. The van der Waals surface area contributed by atoms with Crippen LogP contribution in [0, 0.1) is 17.3 Å². The first kappa shape index (κ1) is 10.5. The van der Waals surface area contributed by atoms with Gasteiger partial charge in [0.15, 0.2) is 0 Å². The Kier molecular flexibility index (Phi) is 3.74. The van der Waals surface area contributed by atoms with Crippen molar-refractivity contribution in [3.8, 4) is 11.8 Å². The van der Waals surface area contributed by atoms with Crippen molar-refractivity contribution < 1.29 is 9.50 Å². The van der Waals surface area contributed by atoms with E-state index in [1.807, 2.05) is 6.92 Å². The first-order chi connectivity index (χ1) is 6.22. The van der Waals surface area contributed by atoms with E-state index in [1.165, 1.54) is 0 Å². The molecule has 1 rings (SSSR count). The molecule has 1 aliphatic carbocycles. The zero-order valence-electron chi connectivity index (χ0n) is 8.15. The van der Waals surface area contributed by atoms with Crippen molar-refractivity contribution in [2.24, 2.45) is 5.41 Å². The number of alkyl halides is 1. The number of hydrogen-bond acceptors (Lipinski definition) is 1. The van der Waals surface area contributed by atoms with Gasteiger partial charge in [0.1, 0.15) is 6.17 Å². The third kappa shape index (κ3) is 2.70. The first-order valence-corrected chi connectivity index (χ1v) is 4.97. The molecule has 1 aliphatic rings. The van der Waals surface area contributed by atoms with Gasteiger partial charge >= 0.3 is 0 Å². The van der Waals surface area contributed by atoms with Crippen molar-refractivity contribution in [2.45, 2.75) is 45.2 Å². The van der Waals surface area contributed by atoms with Crippen LogP contribution in [0.15, 0.2) is 0 Å². The molecule has 2 unspecified atom stereocenters. The minimum Gasteiger partial charge on any atom is -0.395 e. The summed E-state index contributed by atoms with van der Waals surface area (Å²) in [5.74, 6) is 5.99. The summed E-state index contributed by atoms with van der Waals surface area (Å²) in [5, 5.41) is 9.22. The molecule has 0 aromatic rings. The Balaban J connectivity index is 2.61. The van der Waals surface area contributed by atoms with Crippen molar-refractivity contribution in [1.82, 2.24) is 0 Å². The number of hydrogen-bond donors (Lipinski definition) is 1. The van der Waals surface area contributed by atoms with E-state index in [2.05, 4.69) is 11.8 Å². The highest BCUT2D eigenvalue weighted by Gasteiger charge is 2.31. The molecular weight excluding hydrogens is 167 g/mol. The van der Waals surface area contributed by atoms with Gasteiger partial charge in [-0.25, -0.2) is 4.39 Å². The molecule has 2 heteroatoms. The average molecular weight is 184 g/mol. The summed E-state index contributed by atoms with van der Waals surface area (Å²) < 4.78 is 13.2. The highest BCUT2D eigenvalue weighted by Crippen LogP contribution is 2.33. The molecular formula is C11H17FO. The van der Waals surface area contributed by atoms with Crippen LogP contribution in [0.4, 0.5) is 4.39 Å². The van der Waals surface area contributed by atoms with Crippen molar-refractivity contribution in [2.75, 3.05) is 6.61 Å². The molecule has 2 atom stereocenters. The van der Waals surface area contributed by atoms with Gasteiger partial charge in [0, 0.05) is 6.42 Å². The molecule has 0 saturated heterocycles. The first-order valence-electron chi connectivity index (χ1n) is 4.97. The van der Waals surface area contributed by atoms with E-state index in [0.29, 0.717) is 12.8 Å². The van der Waals surface area contributed by atoms with Gasteiger partial charge in [-0.1, -0.05) is 12.8 Å². The number of aliphatic hydroxyl groups is 1. The summed E-state index contributed by atoms with van der Waals surface area (Å²) in [6.07, 6.45) is 2.82. The summed E-state index contributed by atoms with van der Waals surface area (Å²) in [4.78, 5) is 0. The zero-order chi connectivity index (χ0) is 9.73. The normalized spacial score (nSPS) is 29.2. The molecule has 0 aromatic carbocycles. The predicted octanol–water partition coefficient (Wildman–Crippen LogP) is 2.29. The van der Waals surface area contributed by atoms with Gasteiger partial charge in [0.25, 0.3) is 0 Å². The maximum absolute atomic E-state index is 13.2. The SMILES string of the molecule is CCC(F)CC1(CO)C#CCCC1. The Bertz CT molecular complexity index is 216. The number of rotatable bonds is 4. The van der Waals surface area contributed by atoms with E-state index < -0.39 is 11.6 Å². The lowest BCUT2D eigenvalue weighted by Gasteiger charge is -2.29. The smallest absolute Gasteiger partial charge is 0.101 e. The average Bonchev–Trinajstić information content (AvgIpc) is 2.19. The molecule has 0 aliphatic heterocycles. The molecule has 0 fully saturated rings. The van der Waals surface area contributed by atoms with E-state index in [4.69, 9.17) is 0 Å². The van der Waals surface area contributed by atoms with Gasteiger partial charge < -0.3 is 5.11 Å². The maximum Gasteiger partial charge on any atom is 0.101 e. The predicted molar refractivity (Wildman–Crippen MR) is 50.9 cm³/mol. The summed E-state index contributed by atoms with van der Waals surface area (Å²) in [6, 6.07) is 0. The van der Waals surface area contributed by atoms with Crippen LogP contribution in [0.5, 0.6) is 0 Å². The van der Waals surface area contributed by atoms with Crippen molar-refractivity contribution in [3.05, 3.63) is 0 Å². The highest BCUT2D eigenvalue weighted by molar-refractivity contribution is 5.15. The van der Waals surface area contributed by atoms with E-state index >= 15 is 0 Å². The third-order valence-corrected chi connectivity index (χ3v) is 2.67. The Morgan fingerprint density at radius 2 is 2.38 bits per heavy atom. The topological polar surface area (TPSA) is 20.2 Å². The molecule has 74 valence electrons. The molecule has 1 N–H and O–H groups in total. The lowest BCUT2D eigenvalue weighted by molar-refractivity contribution is 0.118. The fraction of sp³-hybridized carbons (Fsp3) is 0.818. The number of aliphatic hydroxyl groups excluding tert-OH is 1. The fourth-order valence-electron chi connectivity index (χ4n) is 1.73. The van der Waals surface area contributed by atoms with Crippen molar-refractivity contribution in [3.63, 3.8) is 0 Å². The van der Waals surface area contributed by atoms with Gasteiger partial charge in [-0.3, -0.25) is 0 Å². The lowest BCUT2D eigenvalue weighted by atomic mass is 9.77. The van der Waals surface area contributed by atoms with Crippen LogP contribution in [-0.2, 0) is 0 Å². The van der Waals surface area contributed by atoms with E-state index in [-0.39, 0.29) is 6.61 Å². The Labute approximate surface area is 79.3 Å². The molecule has 0 radical (unpaired) electrons. The summed E-state index contributed by atoms with van der Waals surface area (Å²) in [5.41, 5.74) is -0.437. The quantitative estimate of drug-likeness (QED) is 0.665. The summed E-state index contributed by atoms with van der Waals surface area (Å²) in [6.45, 7) is 1.83. The second-order valence-electron chi connectivity index (χ2n) is 3.80. The molecule has 0 bridgehead atoms. The maximum atomic E-state index is 13.2. The fourth-order valence-corrected chi connectivity index (χ4v) is 1.73. The van der Waals surface area contributed by atoms with Gasteiger partial charge in [-0.05, 0) is 25.7 Å². The lowest BCUT2D eigenvalue weighted by Crippen LogP contribution is -2.28. The Morgan fingerprint density at radius 3 is 2.85 bits per heavy atom. The van der Waals surface area contributed by atoms with E-state index in [1.54, 1.807) is 0 Å². The van der Waals surface area contributed by atoms with Crippen LogP contribution in [0.25, 0.3) is 0 Å². The van der Waals surface area contributed by atoms with Crippen molar-refractivity contribution >= 4 is 0 Å². The largest absolute Gasteiger partial charge is 0.395 e. The summed E-state index contributed by atoms with van der Waals surface area (Å²) >= 11 is 0. The Hall–Kier alpha value is -0.550. The van der Waals surface area contributed by atoms with Crippen LogP contribution in [0.3, 0.4) is 0 Å². The van der Waals surface area contributed by atoms with Crippen molar-refractivity contribution in [1.29, 1.82) is 0 Å². The van der Waals surface area contributed by atoms with Crippen LogP contribution in [0.2, 0.25) is 0 Å². The zero-order valence-corrected chi connectivity index (χ0v) is 8.15. The van der Waals surface area contributed by atoms with Gasteiger partial charge in [-0.2, -0.15) is 0 Å². The standard InChI is InChI=1S/C11H17FO/c1-2-10(12)8-11(9-13)6-4-3-5-7-11/h10,13H,2-4,6,8-9H2,1H3. The minimum atomic E-state index is -0.820. The van der Waals surface area contributed by atoms with Gasteiger partial charge in [0.05, 0.1) is 12.0 Å². The van der Waals surface area contributed by atoms with Crippen LogP contribution in [0.1, 0.15) is 39.0 Å². The molecule has 0 aromatic heterocycles. The molecule has 0 saturated carbocycles. The Morgan fingerprint density at radius 1 is 1.62 bits per heavy atom. The van der Waals surface area contributed by atoms with Gasteiger partial charge in [0.2, 0.25) is 0 Å². The highest BCUT2D eigenvalue weighted by atomic mass is 19.1. The molecule has 0 heterocycles. The van der Waals surface area contributed by atoms with Crippen LogP contribution >= 0.6 is 0 Å². The second-order valence-corrected chi connectivity index (χ2v) is 3.80. The molecule has 13 heavy (non-hydrogen) atoms. The summed E-state index contributed by atoms with van der Waals surface area (Å²) in [7, 11) is 0. The number of halogens is 1. The third-order valence-electron chi connectivity index (χ3n) is 2.67. The molecule has 0 amide bonds. The molecule has 0 spiro atoms. The van der Waals surface area contributed by atoms with E-state index in [0.717, 1.165) is 19.3 Å². The van der Waals surface area contributed by atoms with Crippen LogP contribution < -0.4 is 0 Å². The molecule has 1 nitrogen and oxygen atoms in total. The van der Waals surface area contributed by atoms with E-state index in [9.17, 15) is 9.50 Å². The minimum absolute atomic E-state index is 0.000417.